The van der Waals surface area contributed by atoms with Crippen LogP contribution < -0.4 is 0 Å². The van der Waals surface area contributed by atoms with Crippen LogP contribution >= 0.6 is 0 Å². The minimum absolute atomic E-state index is 0.0418. The Morgan fingerprint density at radius 2 is 2.17 bits per heavy atom. The van der Waals surface area contributed by atoms with E-state index in [0.29, 0.717) is 17.7 Å². The van der Waals surface area contributed by atoms with Gasteiger partial charge in [-0.2, -0.15) is 0 Å². The van der Waals surface area contributed by atoms with Crippen molar-refractivity contribution in [2.75, 3.05) is 19.6 Å². The molecule has 0 radical (unpaired) electrons. The molecule has 4 heterocycles. The second-order valence-corrected chi connectivity index (χ2v) is 6.48. The lowest BCUT2D eigenvalue weighted by atomic mass is 9.82. The maximum absolute atomic E-state index is 12.5. The Morgan fingerprint density at radius 1 is 1.35 bits per heavy atom. The fourth-order valence-electron chi connectivity index (χ4n) is 3.61. The van der Waals surface area contributed by atoms with Crippen LogP contribution in [0.4, 0.5) is 0 Å². The molecule has 23 heavy (non-hydrogen) atoms. The van der Waals surface area contributed by atoms with Gasteiger partial charge in [-0.25, -0.2) is 0 Å². The van der Waals surface area contributed by atoms with Crippen molar-refractivity contribution < 1.29 is 9.32 Å². The zero-order chi connectivity index (χ0) is 15.8. The monoisotopic (exact) mass is 312 g/mol. The van der Waals surface area contributed by atoms with E-state index in [4.69, 9.17) is 4.52 Å². The summed E-state index contributed by atoms with van der Waals surface area (Å²) in [6, 6.07) is 6.27. The van der Waals surface area contributed by atoms with E-state index in [1.165, 1.54) is 5.56 Å². The summed E-state index contributed by atoms with van der Waals surface area (Å²) in [7, 11) is 0. The lowest BCUT2D eigenvalue weighted by Gasteiger charge is -2.53. The van der Waals surface area contributed by atoms with E-state index in [0.717, 1.165) is 38.3 Å². The molecule has 6 nitrogen and oxygen atoms in total. The van der Waals surface area contributed by atoms with Crippen LogP contribution in [0.25, 0.3) is 0 Å². The summed E-state index contributed by atoms with van der Waals surface area (Å²) < 4.78 is 5.12. The van der Waals surface area contributed by atoms with Gasteiger partial charge in [-0.3, -0.25) is 14.7 Å². The minimum Gasteiger partial charge on any atom is -0.351 e. The molecular weight excluding hydrogens is 292 g/mol. The maximum atomic E-state index is 12.5. The molecule has 2 fully saturated rings. The number of piperidine rings is 1. The number of hydrogen-bond acceptors (Lipinski definition) is 5. The van der Waals surface area contributed by atoms with Crippen LogP contribution in [-0.4, -0.2) is 51.5 Å². The molecule has 2 atom stereocenters. The minimum atomic E-state index is -0.0418. The molecule has 2 aliphatic heterocycles. The molecule has 0 N–H and O–H groups in total. The maximum Gasteiger partial charge on any atom is 0.292 e. The largest absolute Gasteiger partial charge is 0.351 e. The number of aromatic nitrogens is 2. The summed E-state index contributed by atoms with van der Waals surface area (Å²) in [5, 5.41) is 3.81. The van der Waals surface area contributed by atoms with Crippen LogP contribution in [-0.2, 0) is 6.54 Å². The van der Waals surface area contributed by atoms with Gasteiger partial charge < -0.3 is 9.42 Å². The summed E-state index contributed by atoms with van der Waals surface area (Å²) in [6.07, 6.45) is 4.72. The Hall–Kier alpha value is -2.21. The SMILES string of the molecule is Cc1cc(C(=O)N2CC[C@@H]3CN(Cc4ccncc4)[C@@H]3C2)on1. The number of nitrogens with zero attached hydrogens (tertiary/aromatic N) is 4. The van der Waals surface area contributed by atoms with Gasteiger partial charge in [-0.15, -0.1) is 0 Å². The van der Waals surface area contributed by atoms with Gasteiger partial charge in [-0.1, -0.05) is 5.16 Å². The molecule has 2 aromatic heterocycles. The molecule has 0 unspecified atom stereocenters. The second kappa shape index (κ2) is 5.77. The predicted molar refractivity (Wildman–Crippen MR) is 83.7 cm³/mol. The van der Waals surface area contributed by atoms with Gasteiger partial charge in [-0.05, 0) is 37.0 Å². The van der Waals surface area contributed by atoms with Crippen molar-refractivity contribution in [3.8, 4) is 0 Å². The lowest BCUT2D eigenvalue weighted by Crippen LogP contribution is -2.64. The summed E-state index contributed by atoms with van der Waals surface area (Å²) >= 11 is 0. The van der Waals surface area contributed by atoms with E-state index in [2.05, 4.69) is 27.2 Å². The van der Waals surface area contributed by atoms with E-state index in [1.54, 1.807) is 6.07 Å². The van der Waals surface area contributed by atoms with Crippen molar-refractivity contribution in [1.29, 1.82) is 0 Å². The van der Waals surface area contributed by atoms with Gasteiger partial charge in [0.05, 0.1) is 5.69 Å². The van der Waals surface area contributed by atoms with Crippen molar-refractivity contribution in [2.45, 2.75) is 25.9 Å². The van der Waals surface area contributed by atoms with Crippen molar-refractivity contribution in [3.05, 3.63) is 47.6 Å². The van der Waals surface area contributed by atoms with Crippen LogP contribution in [0.5, 0.6) is 0 Å². The molecule has 0 saturated carbocycles. The quantitative estimate of drug-likeness (QED) is 0.863. The number of rotatable bonds is 3. The third-order valence-electron chi connectivity index (χ3n) is 4.92. The van der Waals surface area contributed by atoms with Crippen LogP contribution in [0.1, 0.15) is 28.2 Å². The normalized spacial score (nSPS) is 24.1. The Labute approximate surface area is 135 Å². The second-order valence-electron chi connectivity index (χ2n) is 6.48. The van der Waals surface area contributed by atoms with Gasteiger partial charge in [0.15, 0.2) is 0 Å². The first-order chi connectivity index (χ1) is 11.2. The zero-order valence-electron chi connectivity index (χ0n) is 13.2. The highest BCUT2D eigenvalue weighted by Crippen LogP contribution is 2.34. The Balaban J connectivity index is 1.41. The molecule has 4 rings (SSSR count). The van der Waals surface area contributed by atoms with E-state index >= 15 is 0 Å². The van der Waals surface area contributed by atoms with Crippen LogP contribution in [0.2, 0.25) is 0 Å². The number of carbonyl (C=O) groups excluding carboxylic acids is 1. The Kier molecular flexibility index (Phi) is 3.61. The predicted octanol–water partition coefficient (Wildman–Crippen LogP) is 1.72. The van der Waals surface area contributed by atoms with E-state index in [1.807, 2.05) is 24.2 Å². The molecule has 6 heteroatoms. The summed E-state index contributed by atoms with van der Waals surface area (Å²) in [4.78, 5) is 20.9. The first-order valence-corrected chi connectivity index (χ1v) is 8.06. The molecule has 2 aromatic rings. The fraction of sp³-hybridized carbons (Fsp3) is 0.471. The van der Waals surface area contributed by atoms with E-state index in [9.17, 15) is 4.79 Å². The number of hydrogen-bond donors (Lipinski definition) is 0. The molecule has 0 aromatic carbocycles. The molecule has 0 aliphatic carbocycles. The molecule has 2 aliphatic rings. The highest BCUT2D eigenvalue weighted by Gasteiger charge is 2.43. The van der Waals surface area contributed by atoms with Gasteiger partial charge in [0.1, 0.15) is 0 Å². The van der Waals surface area contributed by atoms with Gasteiger partial charge in [0, 0.05) is 50.7 Å². The first-order valence-electron chi connectivity index (χ1n) is 8.06. The Morgan fingerprint density at radius 3 is 2.91 bits per heavy atom. The van der Waals surface area contributed by atoms with Gasteiger partial charge >= 0.3 is 0 Å². The average Bonchev–Trinajstić information content (AvgIpc) is 2.99. The van der Waals surface area contributed by atoms with Crippen molar-refractivity contribution in [1.82, 2.24) is 19.9 Å². The van der Waals surface area contributed by atoms with Crippen molar-refractivity contribution in [2.24, 2.45) is 5.92 Å². The fourth-order valence-corrected chi connectivity index (χ4v) is 3.61. The summed E-state index contributed by atoms with van der Waals surface area (Å²) in [5.74, 6) is 1.01. The average molecular weight is 312 g/mol. The zero-order valence-corrected chi connectivity index (χ0v) is 13.2. The number of pyridine rings is 1. The standard InChI is InChI=1S/C17H20N4O2/c1-12-8-16(23-19-12)17(22)20-7-4-14-10-21(15(14)11-20)9-13-2-5-18-6-3-13/h2-3,5-6,8,14-15H,4,7,9-11H2,1H3/t14-,15-/m1/s1. The summed E-state index contributed by atoms with van der Waals surface area (Å²) in [5.41, 5.74) is 2.01. The number of amides is 1. The number of likely N-dealkylation sites (tertiary alicyclic amines) is 2. The number of aryl methyl sites for hydroxylation is 1. The summed E-state index contributed by atoms with van der Waals surface area (Å²) in [6.45, 7) is 5.45. The molecule has 0 spiro atoms. The number of fused-ring (bicyclic) bond motifs is 1. The molecule has 120 valence electrons. The van der Waals surface area contributed by atoms with Gasteiger partial charge in [0.25, 0.3) is 5.91 Å². The van der Waals surface area contributed by atoms with Crippen LogP contribution in [0.15, 0.2) is 35.1 Å². The van der Waals surface area contributed by atoms with E-state index < -0.39 is 0 Å². The molecule has 2 saturated heterocycles. The van der Waals surface area contributed by atoms with Crippen molar-refractivity contribution in [3.63, 3.8) is 0 Å². The molecule has 0 bridgehead atoms. The highest BCUT2D eigenvalue weighted by molar-refractivity contribution is 5.91. The third kappa shape index (κ3) is 2.74. The first kappa shape index (κ1) is 14.4. The number of carbonyl (C=O) groups is 1. The molecular formula is C17H20N4O2. The molecule has 1 amide bonds. The smallest absolute Gasteiger partial charge is 0.292 e. The van der Waals surface area contributed by atoms with Crippen molar-refractivity contribution >= 4 is 5.91 Å². The lowest BCUT2D eigenvalue weighted by molar-refractivity contribution is -0.0434. The Bertz CT molecular complexity index is 700. The van der Waals surface area contributed by atoms with Crippen LogP contribution in [0.3, 0.4) is 0 Å². The van der Waals surface area contributed by atoms with Crippen LogP contribution in [0, 0.1) is 12.8 Å². The van der Waals surface area contributed by atoms with Gasteiger partial charge in [0.2, 0.25) is 5.76 Å². The third-order valence-corrected chi connectivity index (χ3v) is 4.92. The highest BCUT2D eigenvalue weighted by atomic mass is 16.5. The topological polar surface area (TPSA) is 62.5 Å². The van der Waals surface area contributed by atoms with E-state index in [-0.39, 0.29) is 5.91 Å².